The summed E-state index contributed by atoms with van der Waals surface area (Å²) in [6, 6.07) is 14.4. The number of hydrogen-bond acceptors (Lipinski definition) is 5. The number of esters is 1. The number of fused-ring (bicyclic) bond motifs is 5. The zero-order valence-electron chi connectivity index (χ0n) is 13.7. The number of para-hydroxylation sites is 1. The van der Waals surface area contributed by atoms with Crippen molar-refractivity contribution in [3.8, 4) is 0 Å². The van der Waals surface area contributed by atoms with Gasteiger partial charge in [-0.2, -0.15) is 0 Å². The Morgan fingerprint density at radius 2 is 2.08 bits per heavy atom. The maximum absolute atomic E-state index is 12.0. The summed E-state index contributed by atoms with van der Waals surface area (Å²) in [5.41, 5.74) is 4.57. The van der Waals surface area contributed by atoms with E-state index in [-0.39, 0.29) is 18.4 Å². The van der Waals surface area contributed by atoms with Crippen LogP contribution in [-0.2, 0) is 9.53 Å². The zero-order chi connectivity index (χ0) is 16.7. The predicted molar refractivity (Wildman–Crippen MR) is 97.0 cm³/mol. The zero-order valence-corrected chi connectivity index (χ0v) is 14.5. The van der Waals surface area contributed by atoms with Crippen molar-refractivity contribution in [2.45, 2.75) is 31.2 Å². The summed E-state index contributed by atoms with van der Waals surface area (Å²) in [6.45, 7) is 4.32. The fourth-order valence-electron chi connectivity index (χ4n) is 3.16. The van der Waals surface area contributed by atoms with Crippen LogP contribution in [0.5, 0.6) is 0 Å². The number of nitrogens with zero attached hydrogens (tertiary/aromatic N) is 2. The molecule has 2 heterocycles. The molecule has 4 nitrogen and oxygen atoms in total. The summed E-state index contributed by atoms with van der Waals surface area (Å²) in [5.74, 6) is -0.202. The van der Waals surface area contributed by atoms with E-state index in [2.05, 4.69) is 42.2 Å². The Morgan fingerprint density at radius 1 is 1.25 bits per heavy atom. The van der Waals surface area contributed by atoms with Gasteiger partial charge in [-0.05, 0) is 49.4 Å². The van der Waals surface area contributed by atoms with Crippen LogP contribution in [0, 0.1) is 6.92 Å². The number of aryl methyl sites for hydroxylation is 1. The maximum atomic E-state index is 12.0. The van der Waals surface area contributed by atoms with E-state index in [1.54, 1.807) is 11.8 Å². The second-order valence-electron chi connectivity index (χ2n) is 5.90. The normalized spacial score (nSPS) is 17.7. The van der Waals surface area contributed by atoms with E-state index in [4.69, 9.17) is 9.73 Å². The lowest BCUT2D eigenvalue weighted by Crippen LogP contribution is -2.26. The third kappa shape index (κ3) is 2.49. The molecule has 2 aromatic rings. The highest BCUT2D eigenvalue weighted by molar-refractivity contribution is 8.14. The smallest absolute Gasteiger partial charge is 0.308 e. The molecule has 0 N–H and O–H groups in total. The van der Waals surface area contributed by atoms with Crippen molar-refractivity contribution in [2.75, 3.05) is 11.5 Å². The van der Waals surface area contributed by atoms with Crippen LogP contribution in [0.4, 0.5) is 11.4 Å². The molecule has 1 atom stereocenters. The number of benzene rings is 2. The summed E-state index contributed by atoms with van der Waals surface area (Å²) >= 11 is 1.67. The first-order chi connectivity index (χ1) is 11.7. The van der Waals surface area contributed by atoms with Gasteiger partial charge in [0.2, 0.25) is 0 Å². The molecule has 2 aliphatic heterocycles. The molecule has 0 unspecified atom stereocenters. The number of rotatable bonds is 3. The molecule has 2 aromatic carbocycles. The molecule has 0 saturated heterocycles. The Balaban J connectivity index is 1.77. The van der Waals surface area contributed by atoms with Gasteiger partial charge in [0.1, 0.15) is 0 Å². The third-order valence-electron chi connectivity index (χ3n) is 4.22. The number of ether oxygens (including phenoxy) is 1. The fourth-order valence-corrected chi connectivity index (χ4v) is 4.33. The molecule has 122 valence electrons. The van der Waals surface area contributed by atoms with Gasteiger partial charge in [0.25, 0.3) is 0 Å². The first-order valence-corrected chi connectivity index (χ1v) is 8.90. The molecule has 2 aliphatic rings. The number of anilines is 2. The maximum Gasteiger partial charge on any atom is 0.308 e. The first kappa shape index (κ1) is 15.3. The van der Waals surface area contributed by atoms with Crippen molar-refractivity contribution in [2.24, 2.45) is 4.99 Å². The molecule has 0 amide bonds. The van der Waals surface area contributed by atoms with E-state index in [0.29, 0.717) is 6.61 Å². The van der Waals surface area contributed by atoms with Gasteiger partial charge in [0.05, 0.1) is 30.4 Å². The quantitative estimate of drug-likeness (QED) is 0.767. The van der Waals surface area contributed by atoms with Gasteiger partial charge in [-0.15, -0.1) is 0 Å². The highest BCUT2D eigenvalue weighted by Crippen LogP contribution is 2.50. The average molecular weight is 338 g/mol. The highest BCUT2D eigenvalue weighted by atomic mass is 32.2. The third-order valence-corrected chi connectivity index (χ3v) is 5.23. The molecule has 0 radical (unpaired) electrons. The van der Waals surface area contributed by atoms with Crippen molar-refractivity contribution in [1.82, 2.24) is 0 Å². The molecular formula is C19H18N2O2S. The lowest BCUT2D eigenvalue weighted by Gasteiger charge is -2.30. The van der Waals surface area contributed by atoms with Crippen LogP contribution in [0.1, 0.15) is 30.5 Å². The number of hydrogen-bond donors (Lipinski definition) is 0. The Morgan fingerprint density at radius 3 is 2.92 bits per heavy atom. The molecule has 0 bridgehead atoms. The van der Waals surface area contributed by atoms with Gasteiger partial charge in [-0.1, -0.05) is 24.3 Å². The van der Waals surface area contributed by atoms with Crippen molar-refractivity contribution in [3.05, 3.63) is 53.6 Å². The van der Waals surface area contributed by atoms with E-state index in [1.807, 2.05) is 19.1 Å². The second-order valence-corrected chi connectivity index (χ2v) is 6.91. The summed E-state index contributed by atoms with van der Waals surface area (Å²) < 4.78 is 5.12. The number of aliphatic imine (C=N–C) groups is 1. The monoisotopic (exact) mass is 338 g/mol. The van der Waals surface area contributed by atoms with Crippen LogP contribution in [-0.4, -0.2) is 17.7 Å². The largest absolute Gasteiger partial charge is 0.466 e. The molecular weight excluding hydrogens is 320 g/mol. The van der Waals surface area contributed by atoms with Crippen LogP contribution in [0.25, 0.3) is 0 Å². The van der Waals surface area contributed by atoms with E-state index in [1.165, 1.54) is 10.5 Å². The number of amidine groups is 1. The molecule has 24 heavy (non-hydrogen) atoms. The van der Waals surface area contributed by atoms with Crippen molar-refractivity contribution in [3.63, 3.8) is 0 Å². The summed E-state index contributed by atoms with van der Waals surface area (Å²) in [7, 11) is 0. The minimum Gasteiger partial charge on any atom is -0.466 e. The van der Waals surface area contributed by atoms with Crippen LogP contribution in [0.2, 0.25) is 0 Å². The van der Waals surface area contributed by atoms with Gasteiger partial charge in [-0.25, -0.2) is 0 Å². The minimum absolute atomic E-state index is 0.186. The Kier molecular flexibility index (Phi) is 3.81. The molecule has 0 aromatic heterocycles. The van der Waals surface area contributed by atoms with Crippen molar-refractivity contribution in [1.29, 1.82) is 0 Å². The number of carbonyl (C=O) groups is 1. The van der Waals surface area contributed by atoms with Crippen LogP contribution in [0.3, 0.4) is 0 Å². The minimum atomic E-state index is -0.202. The van der Waals surface area contributed by atoms with E-state index in [0.717, 1.165) is 22.1 Å². The lowest BCUT2D eigenvalue weighted by atomic mass is 9.99. The first-order valence-electron chi connectivity index (χ1n) is 8.08. The molecule has 0 spiro atoms. The van der Waals surface area contributed by atoms with Gasteiger partial charge in [-0.3, -0.25) is 14.7 Å². The summed E-state index contributed by atoms with van der Waals surface area (Å²) in [4.78, 5) is 20.2. The number of thioether (sulfide) groups is 1. The van der Waals surface area contributed by atoms with E-state index < -0.39 is 0 Å². The van der Waals surface area contributed by atoms with Crippen molar-refractivity contribution < 1.29 is 9.53 Å². The van der Waals surface area contributed by atoms with E-state index in [9.17, 15) is 4.79 Å². The van der Waals surface area contributed by atoms with Crippen molar-refractivity contribution >= 4 is 34.3 Å². The Labute approximate surface area is 145 Å². The molecule has 0 saturated carbocycles. The summed E-state index contributed by atoms with van der Waals surface area (Å²) in [6.07, 6.45) is 0.276. The topological polar surface area (TPSA) is 41.9 Å². The Hall–Kier alpha value is -2.27. The highest BCUT2D eigenvalue weighted by Gasteiger charge is 2.35. The van der Waals surface area contributed by atoms with Gasteiger partial charge < -0.3 is 4.74 Å². The number of carbonyl (C=O) groups excluding carboxylic acids is 1. The predicted octanol–water partition coefficient (Wildman–Crippen LogP) is 4.60. The van der Waals surface area contributed by atoms with E-state index >= 15 is 0 Å². The van der Waals surface area contributed by atoms with Crippen LogP contribution < -0.4 is 4.90 Å². The lowest BCUT2D eigenvalue weighted by molar-refractivity contribution is -0.143. The molecule has 5 heteroatoms. The Bertz CT molecular complexity index is 847. The van der Waals surface area contributed by atoms with Gasteiger partial charge in [0, 0.05) is 10.5 Å². The van der Waals surface area contributed by atoms with Gasteiger partial charge in [0.15, 0.2) is 5.17 Å². The molecule has 4 rings (SSSR count). The SMILES string of the molecule is CCOC(=O)C[C@@H]1N=C2Sc3cc(C)ccc3N2c2ccccc21. The van der Waals surface area contributed by atoms with Gasteiger partial charge >= 0.3 is 5.97 Å². The average Bonchev–Trinajstić information content (AvgIpc) is 2.92. The van der Waals surface area contributed by atoms with Crippen LogP contribution >= 0.6 is 11.8 Å². The standard InChI is InChI=1S/C19H18N2O2S/c1-3-23-18(22)11-14-13-6-4-5-7-15(13)21-16-9-8-12(2)10-17(16)24-19(21)20-14/h4-10,14H,3,11H2,1-2H3/t14-/m0/s1. The molecule has 0 fully saturated rings. The molecule has 0 aliphatic carbocycles. The summed E-state index contributed by atoms with van der Waals surface area (Å²) in [5, 5.41) is 0.934. The second kappa shape index (κ2) is 5.98. The fraction of sp³-hybridized carbons (Fsp3) is 0.263. The van der Waals surface area contributed by atoms with Crippen LogP contribution in [0.15, 0.2) is 52.4 Å².